The van der Waals surface area contributed by atoms with Crippen molar-refractivity contribution in [2.75, 3.05) is 13.1 Å². The minimum absolute atomic E-state index is 0.221. The molecule has 18 heavy (non-hydrogen) atoms. The SMILES string of the molecule is CC(C)(C)OC(=O)N1CC(Cc2ccncn2)C1. The van der Waals surface area contributed by atoms with Crippen LogP contribution in [0.4, 0.5) is 4.79 Å². The van der Waals surface area contributed by atoms with Crippen LogP contribution in [0.2, 0.25) is 0 Å². The monoisotopic (exact) mass is 249 g/mol. The maximum Gasteiger partial charge on any atom is 0.410 e. The van der Waals surface area contributed by atoms with E-state index < -0.39 is 5.60 Å². The van der Waals surface area contributed by atoms with Gasteiger partial charge in [0.25, 0.3) is 0 Å². The van der Waals surface area contributed by atoms with Crippen LogP contribution < -0.4 is 0 Å². The van der Waals surface area contributed by atoms with E-state index in [2.05, 4.69) is 9.97 Å². The molecule has 1 aromatic heterocycles. The minimum atomic E-state index is -0.422. The van der Waals surface area contributed by atoms with Crippen LogP contribution >= 0.6 is 0 Å². The van der Waals surface area contributed by atoms with Gasteiger partial charge < -0.3 is 9.64 Å². The summed E-state index contributed by atoms with van der Waals surface area (Å²) >= 11 is 0. The Morgan fingerprint density at radius 1 is 1.50 bits per heavy atom. The number of carbonyl (C=O) groups is 1. The Morgan fingerprint density at radius 3 is 2.78 bits per heavy atom. The fourth-order valence-corrected chi connectivity index (χ4v) is 1.91. The predicted octanol–water partition coefficient (Wildman–Crippen LogP) is 1.89. The highest BCUT2D eigenvalue weighted by Gasteiger charge is 2.33. The lowest BCUT2D eigenvalue weighted by atomic mass is 9.95. The zero-order chi connectivity index (χ0) is 13.2. The Bertz CT molecular complexity index is 408. The van der Waals surface area contributed by atoms with Gasteiger partial charge in [-0.3, -0.25) is 0 Å². The van der Waals surface area contributed by atoms with Gasteiger partial charge in [0.1, 0.15) is 11.9 Å². The van der Waals surface area contributed by atoms with Gasteiger partial charge in [-0.25, -0.2) is 14.8 Å². The summed E-state index contributed by atoms with van der Waals surface area (Å²) in [5.41, 5.74) is 0.605. The molecule has 1 aromatic rings. The topological polar surface area (TPSA) is 55.3 Å². The number of likely N-dealkylation sites (tertiary alicyclic amines) is 1. The van der Waals surface area contributed by atoms with Crippen molar-refractivity contribution in [2.45, 2.75) is 32.8 Å². The smallest absolute Gasteiger partial charge is 0.410 e. The van der Waals surface area contributed by atoms with E-state index in [-0.39, 0.29) is 6.09 Å². The first-order valence-corrected chi connectivity index (χ1v) is 6.17. The molecule has 0 atom stereocenters. The molecule has 0 spiro atoms. The summed E-state index contributed by atoms with van der Waals surface area (Å²) in [6.45, 7) is 7.13. The third kappa shape index (κ3) is 3.42. The molecule has 0 saturated carbocycles. The Hall–Kier alpha value is -1.65. The van der Waals surface area contributed by atoms with E-state index in [1.165, 1.54) is 0 Å². The molecule has 0 aliphatic carbocycles. The van der Waals surface area contributed by atoms with Crippen LogP contribution in [0.1, 0.15) is 26.5 Å². The van der Waals surface area contributed by atoms with Crippen LogP contribution in [0, 0.1) is 5.92 Å². The fraction of sp³-hybridized carbons (Fsp3) is 0.615. The van der Waals surface area contributed by atoms with E-state index in [9.17, 15) is 4.79 Å². The maximum absolute atomic E-state index is 11.7. The largest absolute Gasteiger partial charge is 0.444 e. The molecule has 0 N–H and O–H groups in total. The summed E-state index contributed by atoms with van der Waals surface area (Å²) in [5, 5.41) is 0. The zero-order valence-corrected chi connectivity index (χ0v) is 11.1. The first-order valence-electron chi connectivity index (χ1n) is 6.17. The second kappa shape index (κ2) is 4.92. The van der Waals surface area contributed by atoms with Crippen molar-refractivity contribution >= 4 is 6.09 Å². The van der Waals surface area contributed by atoms with Crippen molar-refractivity contribution in [1.29, 1.82) is 0 Å². The van der Waals surface area contributed by atoms with Gasteiger partial charge in [0.15, 0.2) is 0 Å². The molecule has 98 valence electrons. The van der Waals surface area contributed by atoms with Crippen molar-refractivity contribution in [1.82, 2.24) is 14.9 Å². The number of carbonyl (C=O) groups excluding carboxylic acids is 1. The van der Waals surface area contributed by atoms with Crippen molar-refractivity contribution in [2.24, 2.45) is 5.92 Å². The van der Waals surface area contributed by atoms with Gasteiger partial charge >= 0.3 is 6.09 Å². The van der Waals surface area contributed by atoms with E-state index in [1.807, 2.05) is 26.8 Å². The standard InChI is InChI=1S/C13H19N3O2/c1-13(2,3)18-12(17)16-7-10(8-16)6-11-4-5-14-9-15-11/h4-5,9-10H,6-8H2,1-3H3. The molecule has 1 aliphatic heterocycles. The lowest BCUT2D eigenvalue weighted by Crippen LogP contribution is -2.52. The molecular formula is C13H19N3O2. The number of nitrogens with zero attached hydrogens (tertiary/aromatic N) is 3. The summed E-state index contributed by atoms with van der Waals surface area (Å²) in [6.07, 6.45) is 3.97. The normalized spacial score (nSPS) is 16.3. The third-order valence-corrected chi connectivity index (χ3v) is 2.75. The van der Waals surface area contributed by atoms with Gasteiger partial charge in [-0.1, -0.05) is 0 Å². The van der Waals surface area contributed by atoms with Crippen LogP contribution in [0.3, 0.4) is 0 Å². The first kappa shape index (κ1) is 12.8. The predicted molar refractivity (Wildman–Crippen MR) is 67.0 cm³/mol. The van der Waals surface area contributed by atoms with Gasteiger partial charge in [0, 0.05) is 25.0 Å². The van der Waals surface area contributed by atoms with E-state index in [0.29, 0.717) is 5.92 Å². The molecule has 0 aromatic carbocycles. The number of rotatable bonds is 2. The van der Waals surface area contributed by atoms with Crippen molar-refractivity contribution in [3.05, 3.63) is 24.3 Å². The molecule has 1 saturated heterocycles. The highest BCUT2D eigenvalue weighted by Crippen LogP contribution is 2.22. The van der Waals surface area contributed by atoms with Crippen LogP contribution in [0.5, 0.6) is 0 Å². The fourth-order valence-electron chi connectivity index (χ4n) is 1.91. The quantitative estimate of drug-likeness (QED) is 0.803. The number of hydrogen-bond donors (Lipinski definition) is 0. The highest BCUT2D eigenvalue weighted by atomic mass is 16.6. The average Bonchev–Trinajstić information content (AvgIpc) is 2.21. The van der Waals surface area contributed by atoms with E-state index in [0.717, 1.165) is 25.2 Å². The number of aromatic nitrogens is 2. The molecule has 5 heteroatoms. The molecule has 1 aliphatic rings. The van der Waals surface area contributed by atoms with Crippen LogP contribution in [0.25, 0.3) is 0 Å². The second-order valence-electron chi connectivity index (χ2n) is 5.66. The van der Waals surface area contributed by atoms with E-state index >= 15 is 0 Å². The maximum atomic E-state index is 11.7. The third-order valence-electron chi connectivity index (χ3n) is 2.75. The van der Waals surface area contributed by atoms with Crippen LogP contribution in [-0.2, 0) is 11.2 Å². The summed E-state index contributed by atoms with van der Waals surface area (Å²) < 4.78 is 5.30. The van der Waals surface area contributed by atoms with Crippen molar-refractivity contribution < 1.29 is 9.53 Å². The second-order valence-corrected chi connectivity index (χ2v) is 5.66. The van der Waals surface area contributed by atoms with Gasteiger partial charge in [-0.15, -0.1) is 0 Å². The van der Waals surface area contributed by atoms with Crippen molar-refractivity contribution in [3.63, 3.8) is 0 Å². The highest BCUT2D eigenvalue weighted by molar-refractivity contribution is 5.69. The Kier molecular flexibility index (Phi) is 3.50. The average molecular weight is 249 g/mol. The number of amides is 1. The first-order chi connectivity index (χ1) is 8.44. The lowest BCUT2D eigenvalue weighted by Gasteiger charge is -2.39. The Morgan fingerprint density at radius 2 is 2.22 bits per heavy atom. The molecule has 5 nitrogen and oxygen atoms in total. The molecule has 0 radical (unpaired) electrons. The molecule has 0 unspecified atom stereocenters. The van der Waals surface area contributed by atoms with Gasteiger partial charge in [0.05, 0.1) is 0 Å². The summed E-state index contributed by atoms with van der Waals surface area (Å²) in [4.78, 5) is 21.5. The van der Waals surface area contributed by atoms with Gasteiger partial charge in [-0.05, 0) is 39.2 Å². The molecule has 1 fully saturated rings. The molecule has 0 bridgehead atoms. The summed E-state index contributed by atoms with van der Waals surface area (Å²) in [6, 6.07) is 1.91. The lowest BCUT2D eigenvalue weighted by molar-refractivity contribution is -0.00101. The Balaban J connectivity index is 1.76. The zero-order valence-electron chi connectivity index (χ0n) is 11.1. The number of hydrogen-bond acceptors (Lipinski definition) is 4. The van der Waals surface area contributed by atoms with Crippen molar-refractivity contribution in [3.8, 4) is 0 Å². The molecular weight excluding hydrogens is 230 g/mol. The van der Waals surface area contributed by atoms with Crippen LogP contribution in [-0.4, -0.2) is 39.7 Å². The summed E-state index contributed by atoms with van der Waals surface area (Å²) in [5.74, 6) is 0.479. The van der Waals surface area contributed by atoms with Crippen LogP contribution in [0.15, 0.2) is 18.6 Å². The molecule has 2 heterocycles. The molecule has 2 rings (SSSR count). The Labute approximate surface area is 107 Å². The van der Waals surface area contributed by atoms with E-state index in [4.69, 9.17) is 4.74 Å². The van der Waals surface area contributed by atoms with Gasteiger partial charge in [-0.2, -0.15) is 0 Å². The molecule has 1 amide bonds. The van der Waals surface area contributed by atoms with Gasteiger partial charge in [0.2, 0.25) is 0 Å². The minimum Gasteiger partial charge on any atom is -0.444 e. The summed E-state index contributed by atoms with van der Waals surface area (Å²) in [7, 11) is 0. The number of ether oxygens (including phenoxy) is 1. The van der Waals surface area contributed by atoms with E-state index in [1.54, 1.807) is 17.4 Å².